The van der Waals surface area contributed by atoms with Crippen LogP contribution in [-0.2, 0) is 0 Å². The van der Waals surface area contributed by atoms with Gasteiger partial charge in [0.2, 0.25) is 0 Å². The van der Waals surface area contributed by atoms with Crippen LogP contribution in [-0.4, -0.2) is 15.1 Å². The number of hydrogen-bond acceptors (Lipinski definition) is 5. The van der Waals surface area contributed by atoms with Gasteiger partial charge in [-0.2, -0.15) is 4.98 Å². The molecule has 0 aliphatic rings. The van der Waals surface area contributed by atoms with E-state index in [4.69, 9.17) is 4.52 Å². The number of anilines is 2. The van der Waals surface area contributed by atoms with E-state index >= 15 is 0 Å². The monoisotopic (exact) mass is 306 g/mol. The average molecular weight is 306 g/mol. The Morgan fingerprint density at radius 1 is 0.913 bits per heavy atom. The number of nitrogens with zero attached hydrogens (tertiary/aromatic N) is 3. The molecule has 4 rings (SSSR count). The molecule has 4 aromatic rings. The lowest BCUT2D eigenvalue weighted by Crippen LogP contribution is -1.97. The van der Waals surface area contributed by atoms with Crippen molar-refractivity contribution in [2.45, 2.75) is 0 Å². The van der Waals surface area contributed by atoms with E-state index in [1.54, 1.807) is 18.2 Å². The lowest BCUT2D eigenvalue weighted by molar-refractivity contribution is 0.451. The second-order valence-corrected chi connectivity index (χ2v) is 4.90. The fourth-order valence-corrected chi connectivity index (χ4v) is 2.36. The summed E-state index contributed by atoms with van der Waals surface area (Å²) in [6, 6.07) is 16.0. The quantitative estimate of drug-likeness (QED) is 0.615. The largest absolute Gasteiger partial charge is 0.337 e. The van der Waals surface area contributed by atoms with E-state index in [9.17, 15) is 4.39 Å². The molecular weight excluding hydrogens is 295 g/mol. The summed E-state index contributed by atoms with van der Waals surface area (Å²) in [5, 5.41) is 7.68. The molecule has 0 aliphatic carbocycles. The second kappa shape index (κ2) is 5.49. The Bertz CT molecular complexity index is 969. The number of para-hydroxylation sites is 1. The third-order valence-electron chi connectivity index (χ3n) is 3.45. The Morgan fingerprint density at radius 3 is 2.52 bits per heavy atom. The normalized spacial score (nSPS) is 10.8. The van der Waals surface area contributed by atoms with Crippen molar-refractivity contribution in [1.29, 1.82) is 0 Å². The van der Waals surface area contributed by atoms with Gasteiger partial charge in [0.05, 0.1) is 5.69 Å². The summed E-state index contributed by atoms with van der Waals surface area (Å²) in [6.07, 6.45) is 1.35. The zero-order valence-electron chi connectivity index (χ0n) is 11.9. The first-order valence-corrected chi connectivity index (χ1v) is 7.00. The van der Waals surface area contributed by atoms with E-state index in [0.29, 0.717) is 28.3 Å². The summed E-state index contributed by atoms with van der Waals surface area (Å²) >= 11 is 0. The molecule has 2 aromatic heterocycles. The molecule has 0 radical (unpaired) electrons. The first-order valence-electron chi connectivity index (χ1n) is 7.00. The van der Waals surface area contributed by atoms with Crippen molar-refractivity contribution < 1.29 is 8.91 Å². The minimum Gasteiger partial charge on any atom is -0.337 e. The minimum absolute atomic E-state index is 0.327. The number of fused-ring (bicyclic) bond motifs is 1. The lowest BCUT2D eigenvalue weighted by Gasteiger charge is -2.07. The van der Waals surface area contributed by atoms with Crippen LogP contribution < -0.4 is 5.32 Å². The Labute approximate surface area is 130 Å². The third kappa shape index (κ3) is 2.40. The van der Waals surface area contributed by atoms with Crippen LogP contribution in [0.3, 0.4) is 0 Å². The van der Waals surface area contributed by atoms with Gasteiger partial charge in [-0.25, -0.2) is 9.37 Å². The van der Waals surface area contributed by atoms with Crippen LogP contribution in [0.5, 0.6) is 0 Å². The summed E-state index contributed by atoms with van der Waals surface area (Å²) in [7, 11) is 0. The number of aromatic nitrogens is 3. The van der Waals surface area contributed by atoms with Crippen LogP contribution in [0.2, 0.25) is 0 Å². The number of hydrogen-bond donors (Lipinski definition) is 1. The molecule has 5 nitrogen and oxygen atoms in total. The molecule has 0 bridgehead atoms. The zero-order valence-corrected chi connectivity index (χ0v) is 11.9. The van der Waals surface area contributed by atoms with Crippen LogP contribution in [0.25, 0.3) is 22.4 Å². The van der Waals surface area contributed by atoms with Crippen molar-refractivity contribution in [3.05, 3.63) is 66.7 Å². The molecule has 0 fully saturated rings. The van der Waals surface area contributed by atoms with Crippen molar-refractivity contribution in [3.63, 3.8) is 0 Å². The van der Waals surface area contributed by atoms with Crippen molar-refractivity contribution in [1.82, 2.24) is 15.1 Å². The van der Waals surface area contributed by atoms with Gasteiger partial charge in [-0.05, 0) is 12.1 Å². The predicted octanol–water partition coefficient (Wildman–Crippen LogP) is 4.17. The second-order valence-electron chi connectivity index (χ2n) is 4.90. The van der Waals surface area contributed by atoms with Crippen LogP contribution in [0.4, 0.5) is 15.9 Å². The molecule has 1 N–H and O–H groups in total. The molecule has 2 aromatic carbocycles. The van der Waals surface area contributed by atoms with E-state index in [0.717, 1.165) is 5.56 Å². The molecular formula is C17H11FN4O. The topological polar surface area (TPSA) is 63.8 Å². The van der Waals surface area contributed by atoms with Crippen LogP contribution >= 0.6 is 0 Å². The molecule has 0 amide bonds. The molecule has 0 spiro atoms. The minimum atomic E-state index is -0.364. The van der Waals surface area contributed by atoms with Crippen molar-refractivity contribution >= 4 is 22.6 Å². The number of nitrogens with one attached hydrogen (secondary N) is 1. The molecule has 0 unspecified atom stereocenters. The van der Waals surface area contributed by atoms with Crippen molar-refractivity contribution in [2.24, 2.45) is 0 Å². The molecule has 112 valence electrons. The van der Waals surface area contributed by atoms with Gasteiger partial charge in [0.1, 0.15) is 29.0 Å². The van der Waals surface area contributed by atoms with E-state index in [1.165, 1.54) is 12.4 Å². The van der Waals surface area contributed by atoms with E-state index in [-0.39, 0.29) is 5.82 Å². The van der Waals surface area contributed by atoms with Gasteiger partial charge in [-0.3, -0.25) is 0 Å². The van der Waals surface area contributed by atoms with Gasteiger partial charge >= 0.3 is 0 Å². The fourth-order valence-electron chi connectivity index (χ4n) is 2.36. The van der Waals surface area contributed by atoms with Gasteiger partial charge in [-0.15, -0.1) is 0 Å². The van der Waals surface area contributed by atoms with Crippen molar-refractivity contribution in [3.8, 4) is 11.3 Å². The highest BCUT2D eigenvalue weighted by Gasteiger charge is 2.17. The highest BCUT2D eigenvalue weighted by Crippen LogP contribution is 2.32. The SMILES string of the molecule is Fc1ccccc1Nc1ncnc2onc(-c3ccccc3)c12. The Morgan fingerprint density at radius 2 is 1.70 bits per heavy atom. The molecule has 0 aliphatic heterocycles. The first-order chi connectivity index (χ1) is 11.3. The smallest absolute Gasteiger partial charge is 0.263 e. The Kier molecular flexibility index (Phi) is 3.20. The summed E-state index contributed by atoms with van der Waals surface area (Å²) in [5.74, 6) is 0.0807. The summed E-state index contributed by atoms with van der Waals surface area (Å²) in [5.41, 5.74) is 2.16. The maximum absolute atomic E-state index is 13.9. The van der Waals surface area contributed by atoms with Crippen LogP contribution in [0.15, 0.2) is 65.4 Å². The van der Waals surface area contributed by atoms with E-state index in [2.05, 4.69) is 20.4 Å². The Hall–Kier alpha value is -3.28. The highest BCUT2D eigenvalue weighted by molar-refractivity contribution is 5.98. The maximum Gasteiger partial charge on any atom is 0.263 e. The maximum atomic E-state index is 13.9. The molecule has 23 heavy (non-hydrogen) atoms. The van der Waals surface area contributed by atoms with Crippen molar-refractivity contribution in [2.75, 3.05) is 5.32 Å². The van der Waals surface area contributed by atoms with Crippen LogP contribution in [0, 0.1) is 5.82 Å². The summed E-state index contributed by atoms with van der Waals surface area (Å²) in [6.45, 7) is 0. The predicted molar refractivity (Wildman–Crippen MR) is 84.7 cm³/mol. The van der Waals surface area contributed by atoms with Gasteiger partial charge in [0, 0.05) is 5.56 Å². The summed E-state index contributed by atoms with van der Waals surface area (Å²) < 4.78 is 19.2. The Balaban J connectivity index is 1.87. The highest BCUT2D eigenvalue weighted by atomic mass is 19.1. The standard InChI is InChI=1S/C17H11FN4O/c18-12-8-4-5-9-13(12)21-16-14-15(11-6-2-1-3-7-11)22-23-17(14)20-10-19-16/h1-10H,(H,19,20,21). The van der Waals surface area contributed by atoms with Gasteiger partial charge in [-0.1, -0.05) is 47.6 Å². The lowest BCUT2D eigenvalue weighted by atomic mass is 10.1. The van der Waals surface area contributed by atoms with E-state index in [1.807, 2.05) is 30.3 Å². The molecule has 0 saturated carbocycles. The summed E-state index contributed by atoms with van der Waals surface area (Å²) in [4.78, 5) is 8.29. The molecule has 0 atom stereocenters. The number of benzene rings is 2. The van der Waals surface area contributed by atoms with Gasteiger partial charge in [0.15, 0.2) is 0 Å². The van der Waals surface area contributed by atoms with Gasteiger partial charge < -0.3 is 9.84 Å². The zero-order chi connectivity index (χ0) is 15.6. The fraction of sp³-hybridized carbons (Fsp3) is 0. The first kappa shape index (κ1) is 13.4. The molecule has 6 heteroatoms. The van der Waals surface area contributed by atoms with E-state index < -0.39 is 0 Å². The van der Waals surface area contributed by atoms with Crippen LogP contribution in [0.1, 0.15) is 0 Å². The average Bonchev–Trinajstić information content (AvgIpc) is 3.03. The number of rotatable bonds is 3. The number of halogens is 1. The third-order valence-corrected chi connectivity index (χ3v) is 3.45. The van der Waals surface area contributed by atoms with Gasteiger partial charge in [0.25, 0.3) is 5.71 Å². The molecule has 2 heterocycles. The molecule has 0 saturated heterocycles.